The molecule has 0 saturated carbocycles. The zero-order valence-corrected chi connectivity index (χ0v) is 8.21. The van der Waals surface area contributed by atoms with E-state index in [1.165, 1.54) is 0 Å². The fourth-order valence-electron chi connectivity index (χ4n) is 1.28. The quantitative estimate of drug-likeness (QED) is 0.742. The number of benzene rings is 1. The van der Waals surface area contributed by atoms with E-state index in [9.17, 15) is 5.11 Å². The van der Waals surface area contributed by atoms with Gasteiger partial charge in [0, 0.05) is 11.3 Å². The van der Waals surface area contributed by atoms with Crippen LogP contribution in [0.1, 0.15) is 12.5 Å². The van der Waals surface area contributed by atoms with Crippen LogP contribution in [0.25, 0.3) is 0 Å². The van der Waals surface area contributed by atoms with Crippen LogP contribution in [-0.4, -0.2) is 21.9 Å². The van der Waals surface area contributed by atoms with Gasteiger partial charge in [-0.2, -0.15) is 0 Å². The molecule has 1 N–H and O–H groups in total. The first-order valence-electron chi connectivity index (χ1n) is 4.26. The predicted octanol–water partition coefficient (Wildman–Crippen LogP) is 2.27. The molecule has 0 aliphatic carbocycles. The van der Waals surface area contributed by atoms with Gasteiger partial charge in [0.1, 0.15) is 10.8 Å². The number of nitrogens with zero attached hydrogens (tertiary/aromatic N) is 1. The second-order valence-corrected chi connectivity index (χ2v) is 4.12. The average molecular weight is 193 g/mol. The van der Waals surface area contributed by atoms with Crippen molar-refractivity contribution in [1.82, 2.24) is 0 Å². The minimum atomic E-state index is 0.322. The van der Waals surface area contributed by atoms with E-state index in [1.807, 2.05) is 18.2 Å². The molecule has 1 aromatic rings. The highest BCUT2D eigenvalue weighted by atomic mass is 32.2. The summed E-state index contributed by atoms with van der Waals surface area (Å²) in [6, 6.07) is 7.71. The van der Waals surface area contributed by atoms with Crippen LogP contribution >= 0.6 is 11.8 Å². The van der Waals surface area contributed by atoms with Crippen molar-refractivity contribution in [2.45, 2.75) is 13.0 Å². The Morgan fingerprint density at radius 2 is 2.23 bits per heavy atom. The first-order valence-corrected chi connectivity index (χ1v) is 5.25. The summed E-state index contributed by atoms with van der Waals surface area (Å²) in [4.78, 5) is 4.44. The van der Waals surface area contributed by atoms with Gasteiger partial charge in [-0.25, -0.2) is 0 Å². The third kappa shape index (κ3) is 1.70. The number of aliphatic imine (C=N–C) groups is 1. The maximum absolute atomic E-state index is 9.56. The number of hydrogen-bond acceptors (Lipinski definition) is 3. The molecular weight excluding hydrogens is 182 g/mol. The van der Waals surface area contributed by atoms with Gasteiger partial charge in [0.05, 0.1) is 6.04 Å². The number of hydrogen-bond donors (Lipinski definition) is 1. The zero-order valence-electron chi connectivity index (χ0n) is 7.40. The first kappa shape index (κ1) is 8.63. The third-order valence-corrected chi connectivity index (χ3v) is 3.18. The smallest absolute Gasteiger partial charge is 0.125 e. The molecule has 1 aromatic carbocycles. The van der Waals surface area contributed by atoms with Crippen LogP contribution < -0.4 is 0 Å². The van der Waals surface area contributed by atoms with Gasteiger partial charge in [-0.15, -0.1) is 11.8 Å². The molecule has 0 amide bonds. The van der Waals surface area contributed by atoms with Gasteiger partial charge in [-0.3, -0.25) is 4.99 Å². The molecule has 1 aliphatic rings. The molecule has 0 fully saturated rings. The Morgan fingerprint density at radius 1 is 1.46 bits per heavy atom. The highest BCUT2D eigenvalue weighted by Gasteiger charge is 2.17. The molecule has 13 heavy (non-hydrogen) atoms. The Kier molecular flexibility index (Phi) is 2.27. The molecule has 3 heteroatoms. The fourth-order valence-corrected chi connectivity index (χ4v) is 2.33. The predicted molar refractivity (Wildman–Crippen MR) is 56.6 cm³/mol. The second kappa shape index (κ2) is 3.42. The maximum Gasteiger partial charge on any atom is 0.125 e. The molecule has 1 atom stereocenters. The monoisotopic (exact) mass is 193 g/mol. The van der Waals surface area contributed by atoms with E-state index in [-0.39, 0.29) is 0 Å². The summed E-state index contributed by atoms with van der Waals surface area (Å²) in [6.07, 6.45) is 0. The molecular formula is C10H11NOS. The third-order valence-electron chi connectivity index (χ3n) is 1.93. The van der Waals surface area contributed by atoms with Gasteiger partial charge in [-0.1, -0.05) is 12.1 Å². The van der Waals surface area contributed by atoms with Gasteiger partial charge < -0.3 is 5.11 Å². The standard InChI is InChI=1S/C10H11NOS/c1-7-6-13-10(11-7)8-4-2-3-5-9(8)12/h2-5,7,12H,6H2,1H3/t7-/m0/s1. The van der Waals surface area contributed by atoms with E-state index in [4.69, 9.17) is 0 Å². The van der Waals surface area contributed by atoms with Gasteiger partial charge in [0.15, 0.2) is 0 Å². The lowest BCUT2D eigenvalue weighted by Gasteiger charge is -2.01. The Bertz CT molecular complexity index is 349. The van der Waals surface area contributed by atoms with E-state index < -0.39 is 0 Å². The molecule has 1 heterocycles. The fraction of sp³-hybridized carbons (Fsp3) is 0.300. The molecule has 0 unspecified atom stereocenters. The molecule has 68 valence electrons. The molecule has 1 aliphatic heterocycles. The molecule has 2 nitrogen and oxygen atoms in total. The molecule has 0 spiro atoms. The highest BCUT2D eigenvalue weighted by molar-refractivity contribution is 8.14. The van der Waals surface area contributed by atoms with Crippen molar-refractivity contribution in [2.24, 2.45) is 4.99 Å². The summed E-state index contributed by atoms with van der Waals surface area (Å²) in [5.41, 5.74) is 0.858. The van der Waals surface area contributed by atoms with Crippen LogP contribution in [0.15, 0.2) is 29.3 Å². The zero-order chi connectivity index (χ0) is 9.26. The lowest BCUT2D eigenvalue weighted by molar-refractivity contribution is 0.474. The van der Waals surface area contributed by atoms with Gasteiger partial charge in [0.25, 0.3) is 0 Å². The number of phenolic OH excluding ortho intramolecular Hbond substituents is 1. The summed E-state index contributed by atoms with van der Waals surface area (Å²) < 4.78 is 0. The normalized spacial score (nSPS) is 21.6. The molecule has 0 bridgehead atoms. The van der Waals surface area contributed by atoms with Crippen molar-refractivity contribution >= 4 is 16.8 Å². The van der Waals surface area contributed by atoms with Crippen molar-refractivity contribution in [1.29, 1.82) is 0 Å². The Morgan fingerprint density at radius 3 is 2.85 bits per heavy atom. The number of aromatic hydroxyl groups is 1. The highest BCUT2D eigenvalue weighted by Crippen LogP contribution is 2.27. The van der Waals surface area contributed by atoms with E-state index in [0.717, 1.165) is 16.4 Å². The molecule has 0 radical (unpaired) electrons. The van der Waals surface area contributed by atoms with Crippen LogP contribution in [0.2, 0.25) is 0 Å². The van der Waals surface area contributed by atoms with Crippen LogP contribution in [0.4, 0.5) is 0 Å². The topological polar surface area (TPSA) is 32.6 Å². The van der Waals surface area contributed by atoms with Crippen LogP contribution in [0.3, 0.4) is 0 Å². The largest absolute Gasteiger partial charge is 0.507 e. The average Bonchev–Trinajstić information content (AvgIpc) is 2.53. The summed E-state index contributed by atoms with van der Waals surface area (Å²) in [5.74, 6) is 1.34. The lowest BCUT2D eigenvalue weighted by atomic mass is 10.2. The number of rotatable bonds is 1. The number of phenols is 1. The lowest BCUT2D eigenvalue weighted by Crippen LogP contribution is -1.93. The second-order valence-electron chi connectivity index (χ2n) is 3.11. The van der Waals surface area contributed by atoms with Gasteiger partial charge in [-0.05, 0) is 19.1 Å². The molecule has 0 saturated heterocycles. The van der Waals surface area contributed by atoms with Crippen LogP contribution in [0.5, 0.6) is 5.75 Å². The maximum atomic E-state index is 9.56. The van der Waals surface area contributed by atoms with Crippen molar-refractivity contribution < 1.29 is 5.11 Å². The van der Waals surface area contributed by atoms with E-state index >= 15 is 0 Å². The summed E-state index contributed by atoms with van der Waals surface area (Å²) in [6.45, 7) is 2.08. The minimum Gasteiger partial charge on any atom is -0.507 e. The number of para-hydroxylation sites is 1. The Balaban J connectivity index is 2.36. The summed E-state index contributed by atoms with van der Waals surface area (Å²) in [7, 11) is 0. The first-order chi connectivity index (χ1) is 6.27. The van der Waals surface area contributed by atoms with Crippen molar-refractivity contribution in [2.75, 3.05) is 5.75 Å². The van der Waals surface area contributed by atoms with Crippen molar-refractivity contribution in [3.63, 3.8) is 0 Å². The van der Waals surface area contributed by atoms with Gasteiger partial charge >= 0.3 is 0 Å². The molecule has 0 aromatic heterocycles. The van der Waals surface area contributed by atoms with Gasteiger partial charge in [0.2, 0.25) is 0 Å². The Labute approximate surface area is 81.7 Å². The van der Waals surface area contributed by atoms with Crippen LogP contribution in [-0.2, 0) is 0 Å². The van der Waals surface area contributed by atoms with E-state index in [2.05, 4.69) is 11.9 Å². The van der Waals surface area contributed by atoms with Crippen LogP contribution in [0, 0.1) is 0 Å². The number of thioether (sulfide) groups is 1. The minimum absolute atomic E-state index is 0.322. The van der Waals surface area contributed by atoms with E-state index in [1.54, 1.807) is 17.8 Å². The Hall–Kier alpha value is -0.960. The SMILES string of the molecule is C[C@H]1CSC(c2ccccc2O)=N1. The molecule has 2 rings (SSSR count). The summed E-state index contributed by atoms with van der Waals surface area (Å²) >= 11 is 1.71. The summed E-state index contributed by atoms with van der Waals surface area (Å²) in [5, 5.41) is 10.5. The van der Waals surface area contributed by atoms with E-state index in [0.29, 0.717) is 11.8 Å². The van der Waals surface area contributed by atoms with Crippen molar-refractivity contribution in [3.8, 4) is 5.75 Å². The van der Waals surface area contributed by atoms with Crippen molar-refractivity contribution in [3.05, 3.63) is 29.8 Å².